The number of nitrogens with zero attached hydrogens (tertiary/aromatic N) is 2. The predicted octanol–water partition coefficient (Wildman–Crippen LogP) is 0.794. The molecule has 0 unspecified atom stereocenters. The van der Waals surface area contributed by atoms with Gasteiger partial charge < -0.3 is 5.73 Å². The lowest BCUT2D eigenvalue weighted by molar-refractivity contribution is 0.515. The van der Waals surface area contributed by atoms with Crippen molar-refractivity contribution in [1.29, 1.82) is 0 Å². The van der Waals surface area contributed by atoms with E-state index in [9.17, 15) is 13.6 Å². The average Bonchev–Trinajstić information content (AvgIpc) is 2.21. The van der Waals surface area contributed by atoms with E-state index in [-0.39, 0.29) is 16.9 Å². The number of hydrogen-bond donors (Lipinski definition) is 1. The molecule has 0 saturated carbocycles. The minimum Gasteiger partial charge on any atom is -0.369 e. The molecule has 0 saturated heterocycles. The van der Waals surface area contributed by atoms with Gasteiger partial charge in [0.2, 0.25) is 5.95 Å². The fraction of sp³-hybridized carbons (Fsp3) is 0.111. The van der Waals surface area contributed by atoms with Crippen molar-refractivity contribution in [3.63, 3.8) is 0 Å². The maximum Gasteiger partial charge on any atom is 0.262 e. The number of nitrogens with two attached hydrogens (primary N) is 1. The van der Waals surface area contributed by atoms with Crippen molar-refractivity contribution in [3.8, 4) is 0 Å². The van der Waals surface area contributed by atoms with Crippen LogP contribution in [0.5, 0.6) is 0 Å². The molecule has 0 amide bonds. The van der Waals surface area contributed by atoms with Gasteiger partial charge in [-0.15, -0.1) is 0 Å². The number of anilines is 1. The van der Waals surface area contributed by atoms with E-state index < -0.39 is 17.2 Å². The van der Waals surface area contributed by atoms with Crippen molar-refractivity contribution in [2.24, 2.45) is 7.05 Å². The summed E-state index contributed by atoms with van der Waals surface area (Å²) in [6.45, 7) is 0. The summed E-state index contributed by atoms with van der Waals surface area (Å²) in [5.41, 5.74) is 4.53. The van der Waals surface area contributed by atoms with Crippen LogP contribution in [0, 0.1) is 11.6 Å². The molecule has 1 aromatic heterocycles. The maximum absolute atomic E-state index is 13.2. The fourth-order valence-electron chi connectivity index (χ4n) is 1.30. The molecule has 2 N–H and O–H groups in total. The number of aromatic nitrogens is 2. The van der Waals surface area contributed by atoms with Gasteiger partial charge in [0.15, 0.2) is 11.6 Å². The molecule has 2 aromatic rings. The van der Waals surface area contributed by atoms with Crippen molar-refractivity contribution in [2.75, 3.05) is 5.73 Å². The monoisotopic (exact) mass is 211 g/mol. The lowest BCUT2D eigenvalue weighted by Crippen LogP contribution is -2.22. The van der Waals surface area contributed by atoms with Gasteiger partial charge in [0.1, 0.15) is 5.52 Å². The molecule has 1 heterocycles. The first-order valence-electron chi connectivity index (χ1n) is 4.12. The van der Waals surface area contributed by atoms with Gasteiger partial charge in [-0.1, -0.05) is 0 Å². The van der Waals surface area contributed by atoms with Crippen LogP contribution in [0.4, 0.5) is 14.7 Å². The third kappa shape index (κ3) is 1.25. The smallest absolute Gasteiger partial charge is 0.262 e. The second-order valence-corrected chi connectivity index (χ2v) is 3.09. The Labute approximate surface area is 83.0 Å². The quantitative estimate of drug-likeness (QED) is 0.700. The third-order valence-electron chi connectivity index (χ3n) is 2.17. The van der Waals surface area contributed by atoms with E-state index >= 15 is 0 Å². The number of hydrogen-bond acceptors (Lipinski definition) is 3. The molecule has 0 aliphatic heterocycles. The average molecular weight is 211 g/mol. The zero-order valence-electron chi connectivity index (χ0n) is 7.79. The molecule has 4 nitrogen and oxygen atoms in total. The number of halogens is 2. The molecule has 0 bridgehead atoms. The van der Waals surface area contributed by atoms with Gasteiger partial charge in [-0.3, -0.25) is 9.36 Å². The van der Waals surface area contributed by atoms with Gasteiger partial charge >= 0.3 is 0 Å². The molecule has 0 aliphatic rings. The Kier molecular flexibility index (Phi) is 1.92. The van der Waals surface area contributed by atoms with Crippen LogP contribution in [0.1, 0.15) is 0 Å². The van der Waals surface area contributed by atoms with Gasteiger partial charge in [0, 0.05) is 7.05 Å². The Morgan fingerprint density at radius 2 is 2.07 bits per heavy atom. The SMILES string of the molecule is Cn1c(N)nc2c(F)c(F)ccc2c1=O. The van der Waals surface area contributed by atoms with Crippen LogP contribution in [0.3, 0.4) is 0 Å². The van der Waals surface area contributed by atoms with Crippen molar-refractivity contribution in [2.45, 2.75) is 0 Å². The number of fused-ring (bicyclic) bond motifs is 1. The first-order valence-corrected chi connectivity index (χ1v) is 4.12. The van der Waals surface area contributed by atoms with Crippen LogP contribution in [-0.2, 0) is 7.05 Å². The van der Waals surface area contributed by atoms with Crippen LogP contribution >= 0.6 is 0 Å². The largest absolute Gasteiger partial charge is 0.369 e. The summed E-state index contributed by atoms with van der Waals surface area (Å²) in [6, 6.07) is 2.07. The van der Waals surface area contributed by atoms with E-state index in [2.05, 4.69) is 4.98 Å². The topological polar surface area (TPSA) is 60.9 Å². The molecular weight excluding hydrogens is 204 g/mol. The molecule has 0 radical (unpaired) electrons. The molecule has 15 heavy (non-hydrogen) atoms. The molecule has 0 aliphatic carbocycles. The van der Waals surface area contributed by atoms with E-state index in [1.54, 1.807) is 0 Å². The Bertz CT molecular complexity index is 606. The van der Waals surface area contributed by atoms with Crippen LogP contribution in [0.15, 0.2) is 16.9 Å². The van der Waals surface area contributed by atoms with Crippen LogP contribution in [0.25, 0.3) is 10.9 Å². The molecule has 1 aromatic carbocycles. The summed E-state index contributed by atoms with van der Waals surface area (Å²) >= 11 is 0. The second kappa shape index (κ2) is 3.01. The van der Waals surface area contributed by atoms with Gasteiger partial charge in [0.05, 0.1) is 5.39 Å². The molecule has 6 heteroatoms. The minimum atomic E-state index is -1.16. The number of rotatable bonds is 0. The van der Waals surface area contributed by atoms with E-state index in [1.165, 1.54) is 13.1 Å². The molecule has 2 rings (SSSR count). The van der Waals surface area contributed by atoms with E-state index in [4.69, 9.17) is 5.73 Å². The summed E-state index contributed by atoms with van der Waals surface area (Å²) in [5, 5.41) is 0.00519. The summed E-state index contributed by atoms with van der Waals surface area (Å²) in [7, 11) is 1.41. The molecule has 0 fully saturated rings. The van der Waals surface area contributed by atoms with Crippen molar-refractivity contribution in [3.05, 3.63) is 34.1 Å². The van der Waals surface area contributed by atoms with Gasteiger partial charge in [-0.2, -0.15) is 0 Å². The standard InChI is InChI=1S/C9H7F2N3O/c1-14-8(15)4-2-3-5(10)6(11)7(4)13-9(14)12/h2-3H,1H3,(H2,12,13). The van der Waals surface area contributed by atoms with E-state index in [1.807, 2.05) is 0 Å². The lowest BCUT2D eigenvalue weighted by atomic mass is 10.2. The molecule has 0 spiro atoms. The van der Waals surface area contributed by atoms with Gasteiger partial charge in [-0.25, -0.2) is 13.8 Å². The predicted molar refractivity (Wildman–Crippen MR) is 51.3 cm³/mol. The highest BCUT2D eigenvalue weighted by atomic mass is 19.2. The second-order valence-electron chi connectivity index (χ2n) is 3.09. The van der Waals surface area contributed by atoms with Crippen LogP contribution in [0.2, 0.25) is 0 Å². The Balaban J connectivity index is 3.06. The lowest BCUT2D eigenvalue weighted by Gasteiger charge is -2.05. The van der Waals surface area contributed by atoms with E-state index in [0.717, 1.165) is 10.6 Å². The zero-order valence-corrected chi connectivity index (χ0v) is 7.79. The first kappa shape index (κ1) is 9.57. The highest BCUT2D eigenvalue weighted by Crippen LogP contribution is 2.16. The Morgan fingerprint density at radius 1 is 1.40 bits per heavy atom. The highest BCUT2D eigenvalue weighted by molar-refractivity contribution is 5.79. The highest BCUT2D eigenvalue weighted by Gasteiger charge is 2.13. The van der Waals surface area contributed by atoms with E-state index in [0.29, 0.717) is 0 Å². The zero-order chi connectivity index (χ0) is 11.2. The normalized spacial score (nSPS) is 10.9. The Hall–Kier alpha value is -1.98. The summed E-state index contributed by atoms with van der Waals surface area (Å²) < 4.78 is 27.2. The summed E-state index contributed by atoms with van der Waals surface area (Å²) in [5.74, 6) is -2.36. The fourth-order valence-corrected chi connectivity index (χ4v) is 1.30. The first-order chi connectivity index (χ1) is 7.02. The van der Waals surface area contributed by atoms with Crippen molar-refractivity contribution < 1.29 is 8.78 Å². The molecular formula is C9H7F2N3O. The number of benzene rings is 1. The van der Waals surface area contributed by atoms with Gasteiger partial charge in [-0.05, 0) is 12.1 Å². The van der Waals surface area contributed by atoms with Crippen molar-refractivity contribution in [1.82, 2.24) is 9.55 Å². The van der Waals surface area contributed by atoms with Crippen LogP contribution < -0.4 is 11.3 Å². The number of nitrogen functional groups attached to an aromatic ring is 1. The summed E-state index contributed by atoms with van der Waals surface area (Å²) in [6.07, 6.45) is 0. The van der Waals surface area contributed by atoms with Crippen molar-refractivity contribution >= 4 is 16.9 Å². The Morgan fingerprint density at radius 3 is 2.73 bits per heavy atom. The summed E-state index contributed by atoms with van der Waals surface area (Å²) in [4.78, 5) is 15.2. The maximum atomic E-state index is 13.2. The van der Waals surface area contributed by atoms with Gasteiger partial charge in [0.25, 0.3) is 5.56 Å². The molecule has 0 atom stereocenters. The minimum absolute atomic E-state index is 0.00519. The molecule has 78 valence electrons. The van der Waals surface area contributed by atoms with Crippen LogP contribution in [-0.4, -0.2) is 9.55 Å². The third-order valence-corrected chi connectivity index (χ3v) is 2.17.